The van der Waals surface area contributed by atoms with Crippen LogP contribution < -0.4 is 10.2 Å². The maximum absolute atomic E-state index is 13.0. The second-order valence-corrected chi connectivity index (χ2v) is 11.2. The quantitative estimate of drug-likeness (QED) is 0.739. The average Bonchev–Trinajstić information content (AvgIpc) is 3.26. The third kappa shape index (κ3) is 4.53. The fraction of sp³-hybridized carbons (Fsp3) is 0.630. The minimum atomic E-state index is -0.173. The van der Waals surface area contributed by atoms with Gasteiger partial charge in [0.25, 0.3) is 0 Å². The molecule has 184 valence electrons. The van der Waals surface area contributed by atoms with Crippen molar-refractivity contribution in [1.82, 2.24) is 9.88 Å². The molecule has 1 N–H and O–H groups in total. The first-order valence-electron chi connectivity index (χ1n) is 12.6. The lowest BCUT2D eigenvalue weighted by Gasteiger charge is -2.44. The lowest BCUT2D eigenvalue weighted by atomic mass is 9.76. The van der Waals surface area contributed by atoms with Gasteiger partial charge in [0.1, 0.15) is 5.82 Å². The summed E-state index contributed by atoms with van der Waals surface area (Å²) >= 11 is 0. The molecule has 3 saturated heterocycles. The molecule has 2 atom stereocenters. The first-order valence-corrected chi connectivity index (χ1v) is 12.6. The van der Waals surface area contributed by atoms with Crippen molar-refractivity contribution in [3.05, 3.63) is 30.0 Å². The Labute approximate surface area is 202 Å². The predicted molar refractivity (Wildman–Crippen MR) is 135 cm³/mol. The van der Waals surface area contributed by atoms with Crippen LogP contribution in [0.2, 0.25) is 0 Å². The van der Waals surface area contributed by atoms with Crippen molar-refractivity contribution in [2.75, 3.05) is 62.8 Å². The van der Waals surface area contributed by atoms with Gasteiger partial charge in [-0.1, -0.05) is 13.8 Å². The van der Waals surface area contributed by atoms with Crippen LogP contribution in [0.5, 0.6) is 0 Å². The number of fused-ring (bicyclic) bond motifs is 1. The van der Waals surface area contributed by atoms with Gasteiger partial charge in [0.2, 0.25) is 5.91 Å². The second kappa shape index (κ2) is 9.10. The number of rotatable bonds is 4. The molecule has 1 aromatic carbocycles. The number of amides is 1. The van der Waals surface area contributed by atoms with E-state index >= 15 is 0 Å². The number of ether oxygens (including phenoxy) is 2. The molecule has 2 aromatic rings. The average molecular weight is 467 g/mol. The van der Waals surface area contributed by atoms with Crippen LogP contribution in [0, 0.1) is 18.3 Å². The van der Waals surface area contributed by atoms with Crippen molar-refractivity contribution >= 4 is 28.2 Å². The minimum absolute atomic E-state index is 0.0352. The van der Waals surface area contributed by atoms with Gasteiger partial charge >= 0.3 is 0 Å². The Morgan fingerprint density at radius 2 is 1.79 bits per heavy atom. The summed E-state index contributed by atoms with van der Waals surface area (Å²) in [4.78, 5) is 22.7. The van der Waals surface area contributed by atoms with Crippen LogP contribution in [0.1, 0.15) is 39.2 Å². The molecule has 5 rings (SSSR count). The first-order chi connectivity index (χ1) is 16.2. The standard InChI is InChI=1S/C27H38N4O3/c1-19-13-21-16-28-24(29-25(32)22-5-11-33-17-26(22,2)3)15-20(21)14-23(19)30-7-9-31(10-8-30)27(4)6-12-34-18-27/h13-16,22H,5-12,17-18H2,1-4H3,(H,28,29,32)/t22-,27+/m0/s1. The Balaban J connectivity index is 1.31. The summed E-state index contributed by atoms with van der Waals surface area (Å²) in [6, 6.07) is 6.48. The molecule has 7 nitrogen and oxygen atoms in total. The smallest absolute Gasteiger partial charge is 0.229 e. The first kappa shape index (κ1) is 23.5. The van der Waals surface area contributed by atoms with Crippen molar-refractivity contribution in [2.24, 2.45) is 11.3 Å². The number of benzene rings is 1. The zero-order chi connectivity index (χ0) is 23.9. The topological polar surface area (TPSA) is 66.9 Å². The highest BCUT2D eigenvalue weighted by molar-refractivity contribution is 5.95. The van der Waals surface area contributed by atoms with Gasteiger partial charge in [-0.3, -0.25) is 9.69 Å². The monoisotopic (exact) mass is 466 g/mol. The number of hydrogen-bond acceptors (Lipinski definition) is 6. The van der Waals surface area contributed by atoms with E-state index in [2.05, 4.69) is 59.9 Å². The molecule has 0 radical (unpaired) electrons. The van der Waals surface area contributed by atoms with Crippen LogP contribution in [0.4, 0.5) is 11.5 Å². The largest absolute Gasteiger partial charge is 0.381 e. The summed E-state index contributed by atoms with van der Waals surface area (Å²) in [5.74, 6) is 0.581. The van der Waals surface area contributed by atoms with Crippen molar-refractivity contribution in [1.29, 1.82) is 0 Å². The lowest BCUT2D eigenvalue weighted by molar-refractivity contribution is -0.130. The number of hydrogen-bond donors (Lipinski definition) is 1. The molecule has 0 bridgehead atoms. The summed E-state index contributed by atoms with van der Waals surface area (Å²) in [5.41, 5.74) is 2.54. The Hall–Kier alpha value is -2.22. The molecule has 3 fully saturated rings. The summed E-state index contributed by atoms with van der Waals surface area (Å²) in [6.45, 7) is 15.8. The summed E-state index contributed by atoms with van der Waals surface area (Å²) in [5, 5.41) is 5.28. The normalized spacial score (nSPS) is 27.8. The minimum Gasteiger partial charge on any atom is -0.381 e. The summed E-state index contributed by atoms with van der Waals surface area (Å²) in [6.07, 6.45) is 3.73. The van der Waals surface area contributed by atoms with E-state index in [1.165, 1.54) is 11.3 Å². The molecular weight excluding hydrogens is 428 g/mol. The second-order valence-electron chi connectivity index (χ2n) is 11.2. The fourth-order valence-corrected chi connectivity index (χ4v) is 5.82. The number of piperazine rings is 1. The van der Waals surface area contributed by atoms with E-state index in [0.29, 0.717) is 19.0 Å². The van der Waals surface area contributed by atoms with E-state index in [-0.39, 0.29) is 22.8 Å². The maximum atomic E-state index is 13.0. The van der Waals surface area contributed by atoms with E-state index in [0.717, 1.165) is 63.0 Å². The van der Waals surface area contributed by atoms with Gasteiger partial charge in [-0.15, -0.1) is 0 Å². The van der Waals surface area contributed by atoms with E-state index in [4.69, 9.17) is 9.47 Å². The van der Waals surface area contributed by atoms with Crippen molar-refractivity contribution in [3.63, 3.8) is 0 Å². The molecule has 7 heteroatoms. The van der Waals surface area contributed by atoms with Gasteiger partial charge in [0.05, 0.1) is 13.2 Å². The molecule has 4 heterocycles. The highest BCUT2D eigenvalue weighted by atomic mass is 16.5. The Kier molecular flexibility index (Phi) is 6.29. The molecule has 0 spiro atoms. The number of carbonyl (C=O) groups is 1. The van der Waals surface area contributed by atoms with Crippen LogP contribution in [-0.4, -0.2) is 73.9 Å². The van der Waals surface area contributed by atoms with Crippen LogP contribution in [0.3, 0.4) is 0 Å². The van der Waals surface area contributed by atoms with Crippen LogP contribution >= 0.6 is 0 Å². The van der Waals surface area contributed by atoms with E-state index in [9.17, 15) is 4.79 Å². The SMILES string of the molecule is Cc1cc2cnc(NC(=O)[C@@H]3CCOCC3(C)C)cc2cc1N1CCN([C@]2(C)CCOC2)CC1. The van der Waals surface area contributed by atoms with Crippen LogP contribution in [0.15, 0.2) is 24.4 Å². The number of carbonyl (C=O) groups excluding carboxylic acids is 1. The number of anilines is 2. The molecule has 3 aliphatic rings. The molecule has 34 heavy (non-hydrogen) atoms. The van der Waals surface area contributed by atoms with Gasteiger partial charge in [-0.2, -0.15) is 0 Å². The van der Waals surface area contributed by atoms with E-state index in [1.54, 1.807) is 0 Å². The molecule has 0 unspecified atom stereocenters. The van der Waals surface area contributed by atoms with Crippen LogP contribution in [-0.2, 0) is 14.3 Å². The third-order valence-electron chi connectivity index (χ3n) is 8.15. The number of aryl methyl sites for hydroxylation is 1. The molecule has 1 amide bonds. The summed E-state index contributed by atoms with van der Waals surface area (Å²) < 4.78 is 11.3. The van der Waals surface area contributed by atoms with E-state index in [1.807, 2.05) is 12.3 Å². The summed E-state index contributed by atoms with van der Waals surface area (Å²) in [7, 11) is 0. The fourth-order valence-electron chi connectivity index (χ4n) is 5.82. The van der Waals surface area contributed by atoms with Crippen molar-refractivity contribution in [3.8, 4) is 0 Å². The van der Waals surface area contributed by atoms with E-state index < -0.39 is 0 Å². The van der Waals surface area contributed by atoms with Crippen molar-refractivity contribution < 1.29 is 14.3 Å². The van der Waals surface area contributed by atoms with Gasteiger partial charge in [-0.25, -0.2) is 4.98 Å². The third-order valence-corrected chi connectivity index (χ3v) is 8.15. The molecule has 0 aliphatic carbocycles. The van der Waals surface area contributed by atoms with Gasteiger partial charge in [0, 0.05) is 68.1 Å². The zero-order valence-corrected chi connectivity index (χ0v) is 21.0. The van der Waals surface area contributed by atoms with Gasteiger partial charge in [-0.05, 0) is 61.3 Å². The van der Waals surface area contributed by atoms with Crippen LogP contribution in [0.25, 0.3) is 10.8 Å². The molecule has 0 saturated carbocycles. The van der Waals surface area contributed by atoms with Crippen molar-refractivity contribution in [2.45, 2.75) is 46.1 Å². The lowest BCUT2D eigenvalue weighted by Crippen LogP contribution is -2.56. The molecule has 3 aliphatic heterocycles. The van der Waals surface area contributed by atoms with Gasteiger partial charge in [0.15, 0.2) is 0 Å². The predicted octanol–water partition coefficient (Wildman–Crippen LogP) is 3.85. The van der Waals surface area contributed by atoms with Gasteiger partial charge < -0.3 is 19.7 Å². The Morgan fingerprint density at radius 3 is 2.50 bits per heavy atom. The maximum Gasteiger partial charge on any atom is 0.229 e. The zero-order valence-electron chi connectivity index (χ0n) is 21.0. The number of aromatic nitrogens is 1. The highest BCUT2D eigenvalue weighted by Gasteiger charge is 2.39. The Morgan fingerprint density at radius 1 is 1.03 bits per heavy atom. The number of pyridine rings is 1. The number of nitrogens with one attached hydrogen (secondary N) is 1. The Bertz CT molecular complexity index is 1060. The molecule has 1 aromatic heterocycles. The highest BCUT2D eigenvalue weighted by Crippen LogP contribution is 2.35. The number of nitrogens with zero attached hydrogens (tertiary/aromatic N) is 3. The molecular formula is C27H38N4O3.